The third kappa shape index (κ3) is 3.18. The number of thiophene rings is 1. The number of aryl methyl sites for hydroxylation is 2. The van der Waals surface area contributed by atoms with Crippen LogP contribution >= 0.6 is 11.3 Å². The molecule has 0 saturated heterocycles. The van der Waals surface area contributed by atoms with E-state index in [-0.39, 0.29) is 17.1 Å². The monoisotopic (exact) mass is 418 g/mol. The van der Waals surface area contributed by atoms with Crippen LogP contribution < -0.4 is 0 Å². The molecule has 5 rings (SSSR count). The van der Waals surface area contributed by atoms with E-state index < -0.39 is 0 Å². The first-order chi connectivity index (χ1) is 14.6. The van der Waals surface area contributed by atoms with Crippen molar-refractivity contribution in [2.45, 2.75) is 64.7 Å². The summed E-state index contributed by atoms with van der Waals surface area (Å²) in [7, 11) is 0. The Bertz CT molecular complexity index is 1110. The Balaban J connectivity index is 1.47. The van der Waals surface area contributed by atoms with Crippen molar-refractivity contribution in [3.63, 3.8) is 0 Å². The lowest BCUT2D eigenvalue weighted by Crippen LogP contribution is -2.02. The number of fused-ring (bicyclic) bond motifs is 2. The molecule has 2 aromatic heterocycles. The maximum absolute atomic E-state index is 13.0. The van der Waals surface area contributed by atoms with Gasteiger partial charge in [-0.1, -0.05) is 33.1 Å². The first-order valence-electron chi connectivity index (χ1n) is 11.1. The molecule has 154 valence electrons. The number of Topliss-reactive ketones (excluding diaryl/α,β-unsaturated/α-hetero) is 2. The normalized spacial score (nSPS) is 17.2. The third-order valence-corrected chi connectivity index (χ3v) is 7.85. The summed E-state index contributed by atoms with van der Waals surface area (Å²) in [5.74, 6) is 0.869. The van der Waals surface area contributed by atoms with Gasteiger partial charge in [0.1, 0.15) is 11.3 Å². The molecule has 2 heterocycles. The second-order valence-electron chi connectivity index (χ2n) is 8.45. The number of rotatable bonds is 4. The zero-order valence-corrected chi connectivity index (χ0v) is 18.4. The van der Waals surface area contributed by atoms with Crippen LogP contribution in [0.1, 0.15) is 94.3 Å². The number of carbonyl (C=O) groups excluding carboxylic acids is 2. The highest BCUT2D eigenvalue weighted by Gasteiger charge is 2.34. The van der Waals surface area contributed by atoms with Crippen molar-refractivity contribution in [2.75, 3.05) is 0 Å². The summed E-state index contributed by atoms with van der Waals surface area (Å²) in [5.41, 5.74) is 4.44. The van der Waals surface area contributed by atoms with Crippen LogP contribution in [0.5, 0.6) is 0 Å². The molecule has 0 aliphatic heterocycles. The fraction of sp³-hybridized carbons (Fsp3) is 0.385. The van der Waals surface area contributed by atoms with Gasteiger partial charge in [0.15, 0.2) is 11.6 Å². The smallest absolute Gasteiger partial charge is 0.197 e. The second kappa shape index (κ2) is 7.66. The molecule has 0 N–H and O–H groups in total. The molecule has 0 unspecified atom stereocenters. The maximum Gasteiger partial charge on any atom is 0.197 e. The van der Waals surface area contributed by atoms with Gasteiger partial charge in [0.2, 0.25) is 0 Å². The van der Waals surface area contributed by atoms with Gasteiger partial charge < -0.3 is 4.42 Å². The minimum absolute atomic E-state index is 0.185. The van der Waals surface area contributed by atoms with E-state index in [0.29, 0.717) is 22.8 Å². The number of carbonyl (C=O) groups is 2. The predicted octanol–water partition coefficient (Wildman–Crippen LogP) is 7.13. The van der Waals surface area contributed by atoms with Gasteiger partial charge >= 0.3 is 0 Å². The molecule has 2 aliphatic carbocycles. The number of ketones is 2. The Hall–Kier alpha value is -2.46. The highest BCUT2D eigenvalue weighted by Crippen LogP contribution is 2.40. The number of hydrogen-bond acceptors (Lipinski definition) is 4. The largest absolute Gasteiger partial charge is 0.456 e. The van der Waals surface area contributed by atoms with E-state index in [0.717, 1.165) is 34.3 Å². The van der Waals surface area contributed by atoms with E-state index in [2.05, 4.69) is 19.9 Å². The van der Waals surface area contributed by atoms with Gasteiger partial charge in [-0.3, -0.25) is 9.59 Å². The van der Waals surface area contributed by atoms with Gasteiger partial charge in [-0.15, -0.1) is 11.3 Å². The van der Waals surface area contributed by atoms with Crippen LogP contribution in [-0.2, 0) is 12.8 Å². The van der Waals surface area contributed by atoms with Crippen LogP contribution in [0.3, 0.4) is 0 Å². The standard InChI is InChI=1S/C26H26O3S/c1-3-15-10-19-20(11-16(15)4-2)26(28)21(25(19)27)12-18-13-24-22(29-18)14-23(30-24)17-8-6-5-7-9-17/h10-14,17H,3-9H2,1-2H3. The van der Waals surface area contributed by atoms with Crippen LogP contribution in [0.25, 0.3) is 16.4 Å². The van der Waals surface area contributed by atoms with Gasteiger partial charge in [0.25, 0.3) is 0 Å². The Morgan fingerprint density at radius 3 is 2.13 bits per heavy atom. The van der Waals surface area contributed by atoms with Crippen LogP contribution in [0.2, 0.25) is 0 Å². The lowest BCUT2D eigenvalue weighted by molar-refractivity contribution is 0.0990. The van der Waals surface area contributed by atoms with Crippen LogP contribution in [0.4, 0.5) is 0 Å². The summed E-state index contributed by atoms with van der Waals surface area (Å²) in [6.07, 6.45) is 9.84. The molecule has 2 aliphatic rings. The molecule has 0 bridgehead atoms. The molecule has 1 aromatic carbocycles. The van der Waals surface area contributed by atoms with Crippen LogP contribution in [0, 0.1) is 0 Å². The summed E-state index contributed by atoms with van der Waals surface area (Å²) in [6.45, 7) is 4.16. The van der Waals surface area contributed by atoms with E-state index in [1.165, 1.54) is 37.0 Å². The number of hydrogen-bond donors (Lipinski definition) is 0. The van der Waals surface area contributed by atoms with Gasteiger partial charge in [-0.2, -0.15) is 0 Å². The molecule has 1 fully saturated rings. The van der Waals surface area contributed by atoms with Crippen LogP contribution in [-0.4, -0.2) is 11.6 Å². The third-order valence-electron chi connectivity index (χ3n) is 6.62. The SMILES string of the molecule is CCc1cc2c(cc1CC)C(=O)C(=Cc1cc3sc(C4CCCCC4)cc3o1)C2=O. The molecule has 4 heteroatoms. The van der Waals surface area contributed by atoms with Crippen molar-refractivity contribution >= 4 is 39.3 Å². The quantitative estimate of drug-likeness (QED) is 0.334. The highest BCUT2D eigenvalue weighted by atomic mass is 32.1. The Morgan fingerprint density at radius 1 is 0.933 bits per heavy atom. The zero-order valence-electron chi connectivity index (χ0n) is 17.5. The first-order valence-corrected chi connectivity index (χ1v) is 11.9. The number of allylic oxidation sites excluding steroid dienone is 1. The average Bonchev–Trinajstić information content (AvgIpc) is 3.40. The summed E-state index contributed by atoms with van der Waals surface area (Å²) in [4.78, 5) is 27.3. The summed E-state index contributed by atoms with van der Waals surface area (Å²) in [5, 5.41) is 0. The van der Waals surface area contributed by atoms with Gasteiger partial charge in [-0.25, -0.2) is 0 Å². The molecule has 0 atom stereocenters. The van der Waals surface area contributed by atoms with Crippen LogP contribution in [0.15, 0.2) is 34.3 Å². The zero-order chi connectivity index (χ0) is 20.8. The van der Waals surface area contributed by atoms with Gasteiger partial charge in [0.05, 0.1) is 10.3 Å². The van der Waals surface area contributed by atoms with Crippen molar-refractivity contribution in [3.05, 3.63) is 62.7 Å². The Kier molecular flexibility index (Phi) is 4.98. The second-order valence-corrected chi connectivity index (χ2v) is 9.57. The topological polar surface area (TPSA) is 47.3 Å². The van der Waals surface area contributed by atoms with Gasteiger partial charge in [0, 0.05) is 22.1 Å². The van der Waals surface area contributed by atoms with E-state index in [1.807, 2.05) is 18.2 Å². The highest BCUT2D eigenvalue weighted by molar-refractivity contribution is 7.19. The van der Waals surface area contributed by atoms with Gasteiger partial charge in [-0.05, 0) is 67.0 Å². The minimum Gasteiger partial charge on any atom is -0.456 e. The number of benzene rings is 1. The molecule has 30 heavy (non-hydrogen) atoms. The minimum atomic E-state index is -0.185. The Labute approximate surface area is 180 Å². The number of furan rings is 1. The predicted molar refractivity (Wildman–Crippen MR) is 122 cm³/mol. The first kappa shape index (κ1) is 19.5. The molecule has 0 radical (unpaired) electrons. The van der Waals surface area contributed by atoms with E-state index in [4.69, 9.17) is 4.42 Å². The van der Waals surface area contributed by atoms with Crippen molar-refractivity contribution in [3.8, 4) is 0 Å². The van der Waals surface area contributed by atoms with E-state index in [9.17, 15) is 9.59 Å². The summed E-state index contributed by atoms with van der Waals surface area (Å²) in [6, 6.07) is 7.95. The molecule has 0 amide bonds. The summed E-state index contributed by atoms with van der Waals surface area (Å²) < 4.78 is 7.11. The molecule has 3 nitrogen and oxygen atoms in total. The fourth-order valence-electron chi connectivity index (χ4n) is 4.92. The summed E-state index contributed by atoms with van der Waals surface area (Å²) >= 11 is 1.79. The molecule has 1 saturated carbocycles. The van der Waals surface area contributed by atoms with E-state index in [1.54, 1.807) is 17.4 Å². The molecule has 0 spiro atoms. The van der Waals surface area contributed by atoms with E-state index >= 15 is 0 Å². The average molecular weight is 419 g/mol. The van der Waals surface area contributed by atoms with Crippen molar-refractivity contribution in [2.24, 2.45) is 0 Å². The lowest BCUT2D eigenvalue weighted by atomic mass is 9.88. The van der Waals surface area contributed by atoms with Crippen molar-refractivity contribution in [1.29, 1.82) is 0 Å². The molecular formula is C26H26O3S. The lowest BCUT2D eigenvalue weighted by Gasteiger charge is -2.19. The van der Waals surface area contributed by atoms with Crippen molar-refractivity contribution < 1.29 is 14.0 Å². The fourth-order valence-corrected chi connectivity index (χ4v) is 6.12. The molecular weight excluding hydrogens is 392 g/mol. The Morgan fingerprint density at radius 2 is 1.57 bits per heavy atom. The maximum atomic E-state index is 13.0. The molecule has 3 aromatic rings. The van der Waals surface area contributed by atoms with Crippen molar-refractivity contribution in [1.82, 2.24) is 0 Å².